The van der Waals surface area contributed by atoms with Crippen molar-refractivity contribution in [1.29, 1.82) is 0 Å². The highest BCUT2D eigenvalue weighted by Crippen LogP contribution is 2.19. The van der Waals surface area contributed by atoms with Gasteiger partial charge in [0.25, 0.3) is 11.8 Å². The number of aliphatic carboxylic acids is 1. The molecule has 0 saturated carbocycles. The lowest BCUT2D eigenvalue weighted by Crippen LogP contribution is -2.46. The first kappa shape index (κ1) is 16.1. The number of nitrogens with zero attached hydrogens (tertiary/aromatic N) is 3. The first-order valence-electron chi connectivity index (χ1n) is 7.56. The summed E-state index contributed by atoms with van der Waals surface area (Å²) in [7, 11) is 0. The van der Waals surface area contributed by atoms with Gasteiger partial charge >= 0.3 is 5.97 Å². The van der Waals surface area contributed by atoms with Crippen molar-refractivity contribution in [2.45, 2.75) is 19.4 Å². The summed E-state index contributed by atoms with van der Waals surface area (Å²) in [4.78, 5) is 29.1. The molecule has 1 aliphatic rings. The molecule has 8 heteroatoms. The Morgan fingerprint density at radius 1 is 1.33 bits per heavy atom. The second kappa shape index (κ2) is 6.79. The number of hydrogen-bond acceptors (Lipinski definition) is 6. The third-order valence-electron chi connectivity index (χ3n) is 3.73. The molecule has 0 unspecified atom stereocenters. The maximum atomic E-state index is 12.6. The molecule has 1 atom stereocenters. The van der Waals surface area contributed by atoms with Crippen LogP contribution in [0.2, 0.25) is 0 Å². The third-order valence-corrected chi connectivity index (χ3v) is 3.73. The van der Waals surface area contributed by atoms with Gasteiger partial charge in [-0.1, -0.05) is 5.16 Å². The van der Waals surface area contributed by atoms with Crippen LogP contribution in [0.4, 0.5) is 0 Å². The molecule has 1 aromatic carbocycles. The molecule has 126 valence electrons. The third kappa shape index (κ3) is 3.60. The van der Waals surface area contributed by atoms with Gasteiger partial charge in [0.15, 0.2) is 5.82 Å². The lowest BCUT2D eigenvalue weighted by molar-refractivity contribution is -0.141. The Morgan fingerprint density at radius 2 is 2.08 bits per heavy atom. The number of amides is 1. The molecule has 24 heavy (non-hydrogen) atoms. The second-order valence-electron chi connectivity index (χ2n) is 5.57. The van der Waals surface area contributed by atoms with Crippen LogP contribution in [0.1, 0.15) is 22.6 Å². The fourth-order valence-electron chi connectivity index (χ4n) is 2.57. The minimum absolute atomic E-state index is 0.112. The van der Waals surface area contributed by atoms with Crippen molar-refractivity contribution in [2.75, 3.05) is 19.7 Å². The molecule has 0 spiro atoms. The standard InChI is InChI=1S/C16H17N3O5/c1-10-17-15(24-18-10)11-2-4-12(5-3-11)16(22)19-6-7-23-13(9-19)8-14(20)21/h2-5,13H,6-9H2,1H3,(H,20,21)/t13-/m0/s1. The predicted molar refractivity (Wildman–Crippen MR) is 82.4 cm³/mol. The molecule has 0 aliphatic carbocycles. The number of hydrogen-bond donors (Lipinski definition) is 1. The van der Waals surface area contributed by atoms with Crippen molar-refractivity contribution >= 4 is 11.9 Å². The van der Waals surface area contributed by atoms with Gasteiger partial charge in [0.1, 0.15) is 0 Å². The van der Waals surface area contributed by atoms with Gasteiger partial charge < -0.3 is 19.3 Å². The number of carboxylic acids is 1. The van der Waals surface area contributed by atoms with Crippen LogP contribution in [0.3, 0.4) is 0 Å². The number of carbonyl (C=O) groups is 2. The van der Waals surface area contributed by atoms with Gasteiger partial charge in [-0.15, -0.1) is 0 Å². The van der Waals surface area contributed by atoms with Crippen LogP contribution >= 0.6 is 0 Å². The van der Waals surface area contributed by atoms with E-state index in [0.717, 1.165) is 5.56 Å². The van der Waals surface area contributed by atoms with E-state index in [1.807, 2.05) is 0 Å². The van der Waals surface area contributed by atoms with Crippen LogP contribution in [0, 0.1) is 6.92 Å². The molecule has 3 rings (SSSR count). The first-order valence-corrected chi connectivity index (χ1v) is 7.56. The normalized spacial score (nSPS) is 17.7. The van der Waals surface area contributed by atoms with E-state index in [1.54, 1.807) is 36.1 Å². The zero-order valence-corrected chi connectivity index (χ0v) is 13.1. The van der Waals surface area contributed by atoms with Crippen molar-refractivity contribution in [3.8, 4) is 11.5 Å². The highest BCUT2D eigenvalue weighted by Gasteiger charge is 2.26. The highest BCUT2D eigenvalue weighted by molar-refractivity contribution is 5.94. The number of ether oxygens (including phenoxy) is 1. The van der Waals surface area contributed by atoms with E-state index in [1.165, 1.54) is 0 Å². The van der Waals surface area contributed by atoms with E-state index < -0.39 is 12.1 Å². The highest BCUT2D eigenvalue weighted by atomic mass is 16.5. The summed E-state index contributed by atoms with van der Waals surface area (Å²) in [6.07, 6.45) is -0.583. The summed E-state index contributed by atoms with van der Waals surface area (Å²) in [6, 6.07) is 6.88. The average Bonchev–Trinajstić information content (AvgIpc) is 3.00. The van der Waals surface area contributed by atoms with Gasteiger partial charge in [-0.05, 0) is 31.2 Å². The van der Waals surface area contributed by atoms with Crippen LogP contribution < -0.4 is 0 Å². The van der Waals surface area contributed by atoms with Crippen LogP contribution in [0.25, 0.3) is 11.5 Å². The largest absolute Gasteiger partial charge is 0.481 e. The Balaban J connectivity index is 1.69. The molecular weight excluding hydrogens is 314 g/mol. The Bertz CT molecular complexity index is 740. The summed E-state index contributed by atoms with van der Waals surface area (Å²) in [6.45, 7) is 2.79. The van der Waals surface area contributed by atoms with Gasteiger partial charge in [0, 0.05) is 24.2 Å². The van der Waals surface area contributed by atoms with E-state index in [4.69, 9.17) is 14.4 Å². The van der Waals surface area contributed by atoms with Gasteiger partial charge in [-0.2, -0.15) is 4.98 Å². The number of aromatic nitrogens is 2. The van der Waals surface area contributed by atoms with Gasteiger partial charge in [-0.25, -0.2) is 0 Å². The predicted octanol–water partition coefficient (Wildman–Crippen LogP) is 1.36. The SMILES string of the molecule is Cc1noc(-c2ccc(C(=O)N3CCO[C@@H](CC(=O)O)C3)cc2)n1. The number of benzene rings is 1. The zero-order valence-electron chi connectivity index (χ0n) is 13.1. The first-order chi connectivity index (χ1) is 11.5. The maximum Gasteiger partial charge on any atom is 0.306 e. The van der Waals surface area contributed by atoms with E-state index in [2.05, 4.69) is 10.1 Å². The molecular formula is C16H17N3O5. The van der Waals surface area contributed by atoms with Gasteiger partial charge in [-0.3, -0.25) is 9.59 Å². The van der Waals surface area contributed by atoms with Crippen molar-refractivity contribution < 1.29 is 24.0 Å². The fourth-order valence-corrected chi connectivity index (χ4v) is 2.57. The number of morpholine rings is 1. The second-order valence-corrected chi connectivity index (χ2v) is 5.57. The molecule has 1 saturated heterocycles. The van der Waals surface area contributed by atoms with Crippen LogP contribution in [0.15, 0.2) is 28.8 Å². The lowest BCUT2D eigenvalue weighted by Gasteiger charge is -2.32. The Morgan fingerprint density at radius 3 is 2.71 bits per heavy atom. The van der Waals surface area contributed by atoms with Crippen LogP contribution in [-0.2, 0) is 9.53 Å². The molecule has 2 aromatic rings. The molecule has 1 amide bonds. The molecule has 2 heterocycles. The smallest absolute Gasteiger partial charge is 0.306 e. The summed E-state index contributed by atoms with van der Waals surface area (Å²) < 4.78 is 10.5. The minimum atomic E-state index is -0.937. The average molecular weight is 331 g/mol. The lowest BCUT2D eigenvalue weighted by atomic mass is 10.1. The van der Waals surface area contributed by atoms with Gasteiger partial charge in [0.05, 0.1) is 19.1 Å². The monoisotopic (exact) mass is 331 g/mol. The molecule has 1 aromatic heterocycles. The number of rotatable bonds is 4. The van der Waals surface area contributed by atoms with Crippen molar-refractivity contribution in [1.82, 2.24) is 15.0 Å². The molecule has 0 bridgehead atoms. The zero-order chi connectivity index (χ0) is 17.1. The Labute approximate surface area is 138 Å². The summed E-state index contributed by atoms with van der Waals surface area (Å²) in [5.74, 6) is -0.141. The molecule has 1 N–H and O–H groups in total. The van der Waals surface area contributed by atoms with E-state index in [9.17, 15) is 9.59 Å². The van der Waals surface area contributed by atoms with Crippen molar-refractivity contribution in [2.24, 2.45) is 0 Å². The Kier molecular flexibility index (Phi) is 4.57. The van der Waals surface area contributed by atoms with Gasteiger partial charge in [0.2, 0.25) is 0 Å². The van der Waals surface area contributed by atoms with Crippen molar-refractivity contribution in [3.63, 3.8) is 0 Å². The van der Waals surface area contributed by atoms with Crippen LogP contribution in [-0.4, -0.2) is 57.8 Å². The number of carboxylic acid groups (broad SMARTS) is 1. The molecule has 1 aliphatic heterocycles. The summed E-state index contributed by atoms with van der Waals surface area (Å²) in [5.41, 5.74) is 1.25. The Hall–Kier alpha value is -2.74. The van der Waals surface area contributed by atoms with E-state index in [-0.39, 0.29) is 18.9 Å². The minimum Gasteiger partial charge on any atom is -0.481 e. The maximum absolute atomic E-state index is 12.6. The summed E-state index contributed by atoms with van der Waals surface area (Å²) >= 11 is 0. The van der Waals surface area contributed by atoms with Crippen LogP contribution in [0.5, 0.6) is 0 Å². The molecule has 8 nitrogen and oxygen atoms in total. The quantitative estimate of drug-likeness (QED) is 0.901. The fraction of sp³-hybridized carbons (Fsp3) is 0.375. The number of aryl methyl sites for hydroxylation is 1. The van der Waals surface area contributed by atoms with E-state index >= 15 is 0 Å². The molecule has 0 radical (unpaired) electrons. The molecule has 1 fully saturated rings. The topological polar surface area (TPSA) is 106 Å². The number of carbonyl (C=O) groups excluding carboxylic acids is 1. The van der Waals surface area contributed by atoms with Crippen molar-refractivity contribution in [3.05, 3.63) is 35.7 Å². The summed E-state index contributed by atoms with van der Waals surface area (Å²) in [5, 5.41) is 12.6. The van der Waals surface area contributed by atoms with E-state index in [0.29, 0.717) is 30.4 Å².